The zero-order valence-corrected chi connectivity index (χ0v) is 17.0. The van der Waals surface area contributed by atoms with Gasteiger partial charge in [0.1, 0.15) is 24.2 Å². The Hall–Kier alpha value is -2.24. The standard InChI is InChI=1S/C18H32N4O7/c1-4-9(2)14(18(28)29)21-15(25)11(8-23)20-16(26)12-6-5-7-22(12)17(27)13(19)10(3)24/h9-14,23-24H,4-8,19H2,1-3H3,(H,20,26)(H,21,25)(H,28,29)/t9-,10+,11-,12-,13-,14-/m0/s1. The maximum Gasteiger partial charge on any atom is 0.326 e. The second-order valence-corrected chi connectivity index (χ2v) is 7.41. The molecule has 11 nitrogen and oxygen atoms in total. The van der Waals surface area contributed by atoms with E-state index in [2.05, 4.69) is 10.6 Å². The molecule has 0 bridgehead atoms. The van der Waals surface area contributed by atoms with E-state index in [0.29, 0.717) is 19.3 Å². The van der Waals surface area contributed by atoms with Crippen LogP contribution < -0.4 is 16.4 Å². The number of nitrogens with one attached hydrogen (secondary N) is 2. The molecule has 0 aromatic heterocycles. The highest BCUT2D eigenvalue weighted by Crippen LogP contribution is 2.19. The fraction of sp³-hybridized carbons (Fsp3) is 0.778. The molecule has 6 atom stereocenters. The number of aliphatic carboxylic acids is 1. The first-order chi connectivity index (χ1) is 13.5. The molecule has 3 amide bonds. The van der Waals surface area contributed by atoms with Crippen LogP contribution in [0.3, 0.4) is 0 Å². The molecule has 1 aliphatic rings. The Morgan fingerprint density at radius 2 is 1.83 bits per heavy atom. The van der Waals surface area contributed by atoms with Crippen molar-refractivity contribution in [3.8, 4) is 0 Å². The lowest BCUT2D eigenvalue weighted by molar-refractivity contribution is -0.145. The first kappa shape index (κ1) is 24.8. The second-order valence-electron chi connectivity index (χ2n) is 7.41. The molecule has 1 saturated heterocycles. The molecule has 11 heteroatoms. The highest BCUT2D eigenvalue weighted by atomic mass is 16.4. The van der Waals surface area contributed by atoms with Gasteiger partial charge in [0.25, 0.3) is 0 Å². The van der Waals surface area contributed by atoms with Crippen LogP contribution in [-0.2, 0) is 19.2 Å². The summed E-state index contributed by atoms with van der Waals surface area (Å²) in [7, 11) is 0. The molecular formula is C18H32N4O7. The molecule has 1 fully saturated rings. The van der Waals surface area contributed by atoms with Crippen LogP contribution in [-0.4, -0.2) is 87.3 Å². The van der Waals surface area contributed by atoms with E-state index in [9.17, 15) is 34.5 Å². The number of aliphatic hydroxyl groups excluding tert-OH is 2. The lowest BCUT2D eigenvalue weighted by Gasteiger charge is -2.29. The third kappa shape index (κ3) is 6.38. The number of carboxylic acids is 1. The minimum atomic E-state index is -1.36. The number of carbonyl (C=O) groups is 4. The summed E-state index contributed by atoms with van der Waals surface area (Å²) < 4.78 is 0. The van der Waals surface area contributed by atoms with E-state index in [-0.39, 0.29) is 12.5 Å². The number of carbonyl (C=O) groups excluding carboxylic acids is 3. The average Bonchev–Trinajstić information content (AvgIpc) is 3.17. The van der Waals surface area contributed by atoms with Crippen molar-refractivity contribution >= 4 is 23.7 Å². The van der Waals surface area contributed by atoms with Crippen LogP contribution in [0.25, 0.3) is 0 Å². The van der Waals surface area contributed by atoms with E-state index >= 15 is 0 Å². The number of carboxylic acid groups (broad SMARTS) is 1. The van der Waals surface area contributed by atoms with Crippen LogP contribution in [0.4, 0.5) is 0 Å². The Morgan fingerprint density at radius 1 is 1.21 bits per heavy atom. The summed E-state index contributed by atoms with van der Waals surface area (Å²) in [4.78, 5) is 50.0. The third-order valence-corrected chi connectivity index (χ3v) is 5.24. The smallest absolute Gasteiger partial charge is 0.326 e. The van der Waals surface area contributed by atoms with Crippen molar-refractivity contribution in [3.05, 3.63) is 0 Å². The SMILES string of the molecule is CC[C@H](C)[C@H](NC(=O)[C@H](CO)NC(=O)[C@@H]1CCCN1C(=O)[C@@H](N)[C@@H](C)O)C(=O)O. The monoisotopic (exact) mass is 416 g/mol. The minimum Gasteiger partial charge on any atom is -0.480 e. The highest BCUT2D eigenvalue weighted by molar-refractivity contribution is 5.94. The number of nitrogens with zero attached hydrogens (tertiary/aromatic N) is 1. The van der Waals surface area contributed by atoms with Crippen molar-refractivity contribution in [1.82, 2.24) is 15.5 Å². The molecule has 29 heavy (non-hydrogen) atoms. The van der Waals surface area contributed by atoms with Crippen LogP contribution in [0.15, 0.2) is 0 Å². The van der Waals surface area contributed by atoms with Crippen molar-refractivity contribution in [2.24, 2.45) is 11.7 Å². The number of aliphatic hydroxyl groups is 2. The lowest BCUT2D eigenvalue weighted by atomic mass is 9.99. The summed E-state index contributed by atoms with van der Waals surface area (Å²) in [6.45, 7) is 4.36. The first-order valence-corrected chi connectivity index (χ1v) is 9.73. The summed E-state index contributed by atoms with van der Waals surface area (Å²) in [5, 5.41) is 33.0. The number of amides is 3. The van der Waals surface area contributed by atoms with Crippen LogP contribution in [0, 0.1) is 5.92 Å². The van der Waals surface area contributed by atoms with Crippen molar-refractivity contribution in [2.75, 3.05) is 13.2 Å². The van der Waals surface area contributed by atoms with E-state index < -0.39 is 60.6 Å². The summed E-state index contributed by atoms with van der Waals surface area (Å²) in [6.07, 6.45) is 0.308. The largest absolute Gasteiger partial charge is 0.480 e. The predicted octanol–water partition coefficient (Wildman–Crippen LogP) is -2.22. The number of likely N-dealkylation sites (tertiary alicyclic amines) is 1. The number of hydrogen-bond donors (Lipinski definition) is 6. The normalized spacial score (nSPS) is 21.6. The van der Waals surface area contributed by atoms with Gasteiger partial charge in [0.05, 0.1) is 12.7 Å². The predicted molar refractivity (Wildman–Crippen MR) is 102 cm³/mol. The number of rotatable bonds is 10. The number of hydrogen-bond acceptors (Lipinski definition) is 7. The molecule has 0 spiro atoms. The van der Waals surface area contributed by atoms with Gasteiger partial charge in [-0.2, -0.15) is 0 Å². The van der Waals surface area contributed by atoms with Gasteiger partial charge in [0.15, 0.2) is 0 Å². The molecule has 166 valence electrons. The Morgan fingerprint density at radius 3 is 2.31 bits per heavy atom. The summed E-state index contributed by atoms with van der Waals surface area (Å²) >= 11 is 0. The van der Waals surface area contributed by atoms with E-state index in [1.807, 2.05) is 0 Å². The zero-order chi connectivity index (χ0) is 22.3. The third-order valence-electron chi connectivity index (χ3n) is 5.24. The molecule has 0 aromatic rings. The van der Waals surface area contributed by atoms with Crippen LogP contribution in [0.2, 0.25) is 0 Å². The molecule has 0 saturated carbocycles. The lowest BCUT2D eigenvalue weighted by Crippen LogP contribution is -2.59. The van der Waals surface area contributed by atoms with Gasteiger partial charge in [-0.3, -0.25) is 14.4 Å². The zero-order valence-electron chi connectivity index (χ0n) is 17.0. The quantitative estimate of drug-likeness (QED) is 0.231. The molecular weight excluding hydrogens is 384 g/mol. The number of nitrogens with two attached hydrogens (primary N) is 1. The highest BCUT2D eigenvalue weighted by Gasteiger charge is 2.38. The molecule has 1 aliphatic heterocycles. The Labute approximate surface area is 169 Å². The van der Waals surface area contributed by atoms with Gasteiger partial charge in [-0.15, -0.1) is 0 Å². The van der Waals surface area contributed by atoms with E-state index in [4.69, 9.17) is 5.73 Å². The fourth-order valence-electron chi connectivity index (χ4n) is 3.10. The molecule has 7 N–H and O–H groups in total. The van der Waals surface area contributed by atoms with Crippen LogP contribution in [0.5, 0.6) is 0 Å². The van der Waals surface area contributed by atoms with Crippen LogP contribution >= 0.6 is 0 Å². The van der Waals surface area contributed by atoms with Gasteiger partial charge >= 0.3 is 5.97 Å². The van der Waals surface area contributed by atoms with E-state index in [1.165, 1.54) is 11.8 Å². The van der Waals surface area contributed by atoms with Crippen molar-refractivity contribution in [3.63, 3.8) is 0 Å². The molecule has 0 aromatic carbocycles. The van der Waals surface area contributed by atoms with Crippen molar-refractivity contribution in [2.45, 2.75) is 70.3 Å². The molecule has 1 heterocycles. The molecule has 0 aliphatic carbocycles. The van der Waals surface area contributed by atoms with E-state index in [1.54, 1.807) is 13.8 Å². The summed E-state index contributed by atoms with van der Waals surface area (Å²) in [5.41, 5.74) is 5.67. The Kier molecular flexibility index (Phi) is 9.47. The molecule has 0 radical (unpaired) electrons. The van der Waals surface area contributed by atoms with Gasteiger partial charge in [-0.25, -0.2) is 4.79 Å². The van der Waals surface area contributed by atoms with Gasteiger partial charge in [-0.1, -0.05) is 20.3 Å². The van der Waals surface area contributed by atoms with Crippen LogP contribution in [0.1, 0.15) is 40.0 Å². The van der Waals surface area contributed by atoms with E-state index in [0.717, 1.165) is 0 Å². The topological polar surface area (TPSA) is 182 Å². The van der Waals surface area contributed by atoms with Crippen molar-refractivity contribution in [1.29, 1.82) is 0 Å². The Bertz CT molecular complexity index is 613. The first-order valence-electron chi connectivity index (χ1n) is 9.73. The minimum absolute atomic E-state index is 0.280. The van der Waals surface area contributed by atoms with Gasteiger partial charge in [0.2, 0.25) is 17.7 Å². The maximum atomic E-state index is 12.6. The molecule has 0 unspecified atom stereocenters. The molecule has 1 rings (SSSR count). The fourth-order valence-corrected chi connectivity index (χ4v) is 3.10. The Balaban J connectivity index is 2.82. The second kappa shape index (κ2) is 11.1. The summed E-state index contributed by atoms with van der Waals surface area (Å²) in [5.74, 6) is -3.62. The van der Waals surface area contributed by atoms with Gasteiger partial charge in [-0.05, 0) is 25.7 Å². The summed E-state index contributed by atoms with van der Waals surface area (Å²) in [6, 6.07) is -4.59. The van der Waals surface area contributed by atoms with Crippen molar-refractivity contribution < 1.29 is 34.5 Å². The van der Waals surface area contributed by atoms with Gasteiger partial charge < -0.3 is 36.6 Å². The van der Waals surface area contributed by atoms with Gasteiger partial charge in [0, 0.05) is 6.54 Å². The average molecular weight is 416 g/mol. The maximum absolute atomic E-state index is 12.6.